The van der Waals surface area contributed by atoms with E-state index in [2.05, 4.69) is 25.5 Å². The summed E-state index contributed by atoms with van der Waals surface area (Å²) >= 11 is 0. The summed E-state index contributed by atoms with van der Waals surface area (Å²) in [6.45, 7) is 1.82. The van der Waals surface area contributed by atoms with Crippen LogP contribution >= 0.6 is 0 Å². The number of nitrogen functional groups attached to an aromatic ring is 1. The van der Waals surface area contributed by atoms with Crippen molar-refractivity contribution in [3.63, 3.8) is 0 Å². The molecule has 13 heteroatoms. The molecule has 1 saturated heterocycles. The molecule has 0 aliphatic carbocycles. The number of aryl methyl sites for hydroxylation is 2. The van der Waals surface area contributed by atoms with E-state index in [4.69, 9.17) is 15.0 Å². The zero-order valence-corrected chi connectivity index (χ0v) is 17.8. The van der Waals surface area contributed by atoms with Crippen LogP contribution in [0.25, 0.3) is 22.3 Å². The van der Waals surface area contributed by atoms with Gasteiger partial charge in [-0.05, 0) is 13.0 Å². The van der Waals surface area contributed by atoms with Gasteiger partial charge < -0.3 is 35.1 Å². The number of ether oxygens (including phenoxy) is 1. The Labute approximate surface area is 186 Å². The highest BCUT2D eigenvalue weighted by atomic mass is 16.6. The first-order valence-electron chi connectivity index (χ1n) is 10.2. The molecular weight excluding hydrogens is 432 g/mol. The van der Waals surface area contributed by atoms with Crippen molar-refractivity contribution in [2.75, 3.05) is 5.73 Å². The van der Waals surface area contributed by atoms with Crippen molar-refractivity contribution in [2.45, 2.75) is 38.0 Å². The summed E-state index contributed by atoms with van der Waals surface area (Å²) < 4.78 is 13.9. The summed E-state index contributed by atoms with van der Waals surface area (Å²) in [7, 11) is 1.78. The number of hydrogen-bond acceptors (Lipinski definition) is 10. The molecule has 5 rings (SSSR count). The number of carbonyl (C=O) groups is 1. The molecule has 0 radical (unpaired) electrons. The van der Waals surface area contributed by atoms with E-state index >= 15 is 0 Å². The van der Waals surface area contributed by atoms with Gasteiger partial charge in [-0.2, -0.15) is 5.10 Å². The number of carbonyl (C=O) groups excluding carboxylic acids is 1. The molecule has 1 aliphatic rings. The molecule has 13 nitrogen and oxygen atoms in total. The van der Waals surface area contributed by atoms with Crippen molar-refractivity contribution in [1.29, 1.82) is 0 Å². The van der Waals surface area contributed by atoms with Gasteiger partial charge in [-0.3, -0.25) is 9.48 Å². The number of fused-ring (bicyclic) bond motifs is 1. The topological polar surface area (TPSA) is 179 Å². The van der Waals surface area contributed by atoms with Crippen molar-refractivity contribution in [3.05, 3.63) is 42.3 Å². The van der Waals surface area contributed by atoms with Crippen molar-refractivity contribution in [2.24, 2.45) is 7.05 Å². The molecule has 4 aromatic heterocycles. The lowest BCUT2D eigenvalue weighted by atomic mass is 10.1. The van der Waals surface area contributed by atoms with Crippen molar-refractivity contribution >= 4 is 22.8 Å². The molecule has 1 aliphatic heterocycles. The Morgan fingerprint density at radius 1 is 1.30 bits per heavy atom. The van der Waals surface area contributed by atoms with E-state index < -0.39 is 30.4 Å². The molecule has 1 amide bonds. The predicted molar refractivity (Wildman–Crippen MR) is 113 cm³/mol. The number of hydrogen-bond donors (Lipinski definition) is 4. The maximum Gasteiger partial charge on any atom is 0.252 e. The van der Waals surface area contributed by atoms with Gasteiger partial charge in [0.05, 0.1) is 17.6 Å². The maximum absolute atomic E-state index is 12.7. The van der Waals surface area contributed by atoms with Gasteiger partial charge in [0.1, 0.15) is 41.5 Å². The average Bonchev–Trinajstić information content (AvgIpc) is 3.55. The highest BCUT2D eigenvalue weighted by Gasteiger charge is 2.47. The summed E-state index contributed by atoms with van der Waals surface area (Å²) in [4.78, 5) is 21.0. The number of aliphatic hydroxyl groups excluding tert-OH is 2. The Kier molecular flexibility index (Phi) is 5.08. The normalized spacial score (nSPS) is 22.8. The molecule has 5 N–H and O–H groups in total. The van der Waals surface area contributed by atoms with Crippen LogP contribution in [-0.4, -0.2) is 63.9 Å². The van der Waals surface area contributed by atoms with Gasteiger partial charge in [-0.1, -0.05) is 5.16 Å². The van der Waals surface area contributed by atoms with Crippen LogP contribution < -0.4 is 11.1 Å². The van der Waals surface area contributed by atoms with E-state index in [9.17, 15) is 15.0 Å². The Balaban J connectivity index is 1.45. The van der Waals surface area contributed by atoms with Gasteiger partial charge in [0.2, 0.25) is 0 Å². The molecule has 4 atom stereocenters. The van der Waals surface area contributed by atoms with Gasteiger partial charge in [0, 0.05) is 31.1 Å². The molecule has 0 bridgehead atoms. The minimum absolute atomic E-state index is 0.0869. The minimum Gasteiger partial charge on any atom is -0.387 e. The second-order valence-corrected chi connectivity index (χ2v) is 7.86. The lowest BCUT2D eigenvalue weighted by Crippen LogP contribution is -2.42. The number of aromatic nitrogens is 6. The summed E-state index contributed by atoms with van der Waals surface area (Å²) in [6.07, 6.45) is -0.551. The van der Waals surface area contributed by atoms with Crippen LogP contribution in [0.1, 0.15) is 17.7 Å². The molecule has 4 aromatic rings. The number of nitrogens with two attached hydrogens (primary N) is 1. The Hall–Kier alpha value is -3.81. The van der Waals surface area contributed by atoms with Gasteiger partial charge in [0.15, 0.2) is 12.3 Å². The molecule has 0 unspecified atom stereocenters. The summed E-state index contributed by atoms with van der Waals surface area (Å²) in [5.74, 6) is 0.237. The Morgan fingerprint density at radius 3 is 2.82 bits per heavy atom. The van der Waals surface area contributed by atoms with Crippen molar-refractivity contribution in [1.82, 2.24) is 34.8 Å². The maximum atomic E-state index is 12.7. The molecule has 0 aromatic carbocycles. The minimum atomic E-state index is -1.47. The second kappa shape index (κ2) is 7.95. The van der Waals surface area contributed by atoms with E-state index in [0.717, 1.165) is 0 Å². The number of nitrogens with one attached hydrogen (secondary N) is 1. The summed E-state index contributed by atoms with van der Waals surface area (Å²) in [5.41, 5.74) is 8.26. The molecule has 172 valence electrons. The highest BCUT2D eigenvalue weighted by Crippen LogP contribution is 2.37. The van der Waals surface area contributed by atoms with Crippen LogP contribution in [0.5, 0.6) is 0 Å². The number of anilines is 1. The Bertz CT molecular complexity index is 1330. The lowest BCUT2D eigenvalue weighted by Gasteiger charge is -2.17. The number of aliphatic hydroxyl groups is 2. The van der Waals surface area contributed by atoms with Gasteiger partial charge >= 0.3 is 0 Å². The standard InChI is InChI=1S/C20H22N8O5/c1-9-5-10(26-33-9)6-22-19(31)16-14(29)15(30)20(32-16)28-7-11(12-3-4-27(2)25-12)13-17(21)23-8-24-18(13)28/h3-5,7-8,14-16,20,29-30H,6H2,1-2H3,(H,22,31)(H2,21,23,24)/t14-,15+,16-,20+/m0/s1. The molecule has 5 heterocycles. The summed E-state index contributed by atoms with van der Waals surface area (Å²) in [6, 6.07) is 3.48. The first kappa shape index (κ1) is 21.1. The fourth-order valence-electron chi connectivity index (χ4n) is 3.94. The van der Waals surface area contributed by atoms with Gasteiger partial charge in [0.25, 0.3) is 5.91 Å². The Morgan fingerprint density at radius 2 is 2.12 bits per heavy atom. The molecule has 33 heavy (non-hydrogen) atoms. The van der Waals surface area contributed by atoms with Gasteiger partial charge in [-0.15, -0.1) is 0 Å². The van der Waals surface area contributed by atoms with Crippen LogP contribution in [0.2, 0.25) is 0 Å². The predicted octanol–water partition coefficient (Wildman–Crippen LogP) is -0.354. The SMILES string of the molecule is Cc1cc(CNC(=O)[C@H]2O[C@@H](n3cc(-c4ccn(C)n4)c4c(N)ncnc43)[C@H](O)[C@@H]2O)no1. The van der Waals surface area contributed by atoms with Crippen LogP contribution in [0.15, 0.2) is 35.4 Å². The third kappa shape index (κ3) is 3.61. The van der Waals surface area contributed by atoms with Gasteiger partial charge in [-0.25, -0.2) is 9.97 Å². The summed E-state index contributed by atoms with van der Waals surface area (Å²) in [5, 5.41) is 32.7. The van der Waals surface area contributed by atoms with E-state index in [1.165, 1.54) is 10.9 Å². The lowest BCUT2D eigenvalue weighted by molar-refractivity contribution is -0.137. The first-order valence-corrected chi connectivity index (χ1v) is 10.2. The fourth-order valence-corrected chi connectivity index (χ4v) is 3.94. The monoisotopic (exact) mass is 454 g/mol. The fraction of sp³-hybridized carbons (Fsp3) is 0.350. The zero-order valence-electron chi connectivity index (χ0n) is 17.8. The van der Waals surface area contributed by atoms with Crippen LogP contribution in [0.3, 0.4) is 0 Å². The highest BCUT2D eigenvalue weighted by molar-refractivity contribution is 5.99. The van der Waals surface area contributed by atoms with E-state index in [1.807, 2.05) is 0 Å². The number of rotatable bonds is 5. The largest absolute Gasteiger partial charge is 0.387 e. The molecular formula is C20H22N8O5. The van der Waals surface area contributed by atoms with E-state index in [-0.39, 0.29) is 12.4 Å². The van der Waals surface area contributed by atoms with Crippen molar-refractivity contribution < 1.29 is 24.3 Å². The van der Waals surface area contributed by atoms with Crippen LogP contribution in [0, 0.1) is 6.92 Å². The molecule has 0 saturated carbocycles. The van der Waals surface area contributed by atoms with Crippen LogP contribution in [0.4, 0.5) is 5.82 Å². The molecule has 1 fully saturated rings. The molecule has 0 spiro atoms. The number of amides is 1. The third-order valence-electron chi connectivity index (χ3n) is 5.52. The quantitative estimate of drug-likeness (QED) is 0.311. The average molecular weight is 454 g/mol. The second-order valence-electron chi connectivity index (χ2n) is 7.86. The zero-order chi connectivity index (χ0) is 23.3. The first-order chi connectivity index (χ1) is 15.8. The van der Waals surface area contributed by atoms with Crippen LogP contribution in [-0.2, 0) is 23.1 Å². The van der Waals surface area contributed by atoms with E-state index in [0.29, 0.717) is 33.7 Å². The number of nitrogens with zero attached hydrogens (tertiary/aromatic N) is 6. The smallest absolute Gasteiger partial charge is 0.252 e. The van der Waals surface area contributed by atoms with Crippen molar-refractivity contribution in [3.8, 4) is 11.3 Å². The van der Waals surface area contributed by atoms with E-state index in [1.54, 1.807) is 43.2 Å². The third-order valence-corrected chi connectivity index (χ3v) is 5.52.